The maximum absolute atomic E-state index is 6.14. The Balaban J connectivity index is 2.16. The molecule has 0 unspecified atom stereocenters. The van der Waals surface area contributed by atoms with E-state index in [2.05, 4.69) is 51.6 Å². The number of H-pyrrole nitrogens is 1. The molecule has 4 heteroatoms. The number of aromatic amines is 1. The van der Waals surface area contributed by atoms with Crippen LogP contribution in [0.15, 0.2) is 36.4 Å². The van der Waals surface area contributed by atoms with Gasteiger partial charge in [-0.3, -0.25) is 0 Å². The average molecular weight is 369 g/mol. The molecule has 0 atom stereocenters. The van der Waals surface area contributed by atoms with Gasteiger partial charge in [-0.05, 0) is 59.3 Å². The molecule has 0 spiro atoms. The molecule has 1 heterocycles. The first-order valence-electron chi connectivity index (χ1n) is 5.55. The summed E-state index contributed by atoms with van der Waals surface area (Å²) >= 11 is 8.35. The van der Waals surface area contributed by atoms with Gasteiger partial charge in [0, 0.05) is 9.13 Å². The summed E-state index contributed by atoms with van der Waals surface area (Å²) in [5.41, 5.74) is 4.26. The molecule has 3 aromatic rings. The summed E-state index contributed by atoms with van der Waals surface area (Å²) in [6.45, 7) is 2.07. The number of aromatic nitrogens is 2. The number of aryl methyl sites for hydroxylation is 1. The molecule has 0 radical (unpaired) electrons. The first kappa shape index (κ1) is 12.0. The first-order valence-corrected chi connectivity index (χ1v) is 7.01. The number of nitrogens with one attached hydrogen (secondary N) is 1. The van der Waals surface area contributed by atoms with Crippen LogP contribution in [0.5, 0.6) is 0 Å². The first-order chi connectivity index (χ1) is 8.63. The summed E-state index contributed by atoms with van der Waals surface area (Å²) in [7, 11) is 0. The zero-order chi connectivity index (χ0) is 12.7. The van der Waals surface area contributed by atoms with E-state index in [4.69, 9.17) is 11.6 Å². The molecule has 0 fully saturated rings. The van der Waals surface area contributed by atoms with Crippen molar-refractivity contribution in [3.8, 4) is 11.4 Å². The molecule has 1 N–H and O–H groups in total. The lowest BCUT2D eigenvalue weighted by molar-refractivity contribution is 1.33. The van der Waals surface area contributed by atoms with Gasteiger partial charge >= 0.3 is 0 Å². The van der Waals surface area contributed by atoms with Gasteiger partial charge in [0.2, 0.25) is 0 Å². The second kappa shape index (κ2) is 4.55. The lowest BCUT2D eigenvalue weighted by Gasteiger charge is -1.99. The highest BCUT2D eigenvalue weighted by atomic mass is 127. The van der Waals surface area contributed by atoms with Crippen molar-refractivity contribution in [2.24, 2.45) is 0 Å². The van der Waals surface area contributed by atoms with E-state index in [0.29, 0.717) is 0 Å². The van der Waals surface area contributed by atoms with Gasteiger partial charge in [0.1, 0.15) is 5.82 Å². The SMILES string of the molecule is Cc1ccc2nc(-c3ccc(I)c(Cl)c3)[nH]c2c1. The van der Waals surface area contributed by atoms with Crippen molar-refractivity contribution in [3.63, 3.8) is 0 Å². The molecule has 0 bridgehead atoms. The van der Waals surface area contributed by atoms with Crippen LogP contribution in [0.4, 0.5) is 0 Å². The summed E-state index contributed by atoms with van der Waals surface area (Å²) in [5.74, 6) is 0.855. The Morgan fingerprint density at radius 2 is 2.00 bits per heavy atom. The van der Waals surface area contributed by atoms with Crippen molar-refractivity contribution >= 4 is 45.2 Å². The molecule has 0 aliphatic heterocycles. The molecular formula is C14H10ClIN2. The topological polar surface area (TPSA) is 28.7 Å². The largest absolute Gasteiger partial charge is 0.338 e. The lowest BCUT2D eigenvalue weighted by Crippen LogP contribution is -1.82. The average Bonchev–Trinajstić information content (AvgIpc) is 2.75. The summed E-state index contributed by atoms with van der Waals surface area (Å²) in [5, 5.41) is 0.754. The van der Waals surface area contributed by atoms with Crippen molar-refractivity contribution < 1.29 is 0 Å². The smallest absolute Gasteiger partial charge is 0.138 e. The number of rotatable bonds is 1. The fourth-order valence-electron chi connectivity index (χ4n) is 1.90. The van der Waals surface area contributed by atoms with Gasteiger partial charge < -0.3 is 4.98 Å². The normalized spacial score (nSPS) is 11.1. The molecule has 1 aromatic heterocycles. The summed E-state index contributed by atoms with van der Waals surface area (Å²) in [6, 6.07) is 12.1. The van der Waals surface area contributed by atoms with E-state index in [9.17, 15) is 0 Å². The molecule has 0 amide bonds. The third-order valence-electron chi connectivity index (χ3n) is 2.83. The van der Waals surface area contributed by atoms with Crippen LogP contribution in [0, 0.1) is 10.5 Å². The van der Waals surface area contributed by atoms with E-state index < -0.39 is 0 Å². The highest BCUT2D eigenvalue weighted by Crippen LogP contribution is 2.26. The Kier molecular flexibility index (Phi) is 3.03. The van der Waals surface area contributed by atoms with Gasteiger partial charge in [-0.25, -0.2) is 4.98 Å². The standard InChI is InChI=1S/C14H10ClIN2/c1-8-2-5-12-13(6-8)18-14(17-12)9-3-4-11(16)10(15)7-9/h2-7H,1H3,(H,17,18). The Morgan fingerprint density at radius 1 is 1.17 bits per heavy atom. The number of benzene rings is 2. The van der Waals surface area contributed by atoms with Gasteiger partial charge in [-0.1, -0.05) is 23.7 Å². The monoisotopic (exact) mass is 368 g/mol. The van der Waals surface area contributed by atoms with Crippen molar-refractivity contribution in [2.45, 2.75) is 6.92 Å². The van der Waals surface area contributed by atoms with E-state index in [-0.39, 0.29) is 0 Å². The van der Waals surface area contributed by atoms with E-state index in [0.717, 1.165) is 31.0 Å². The molecule has 3 rings (SSSR count). The number of nitrogens with zero attached hydrogens (tertiary/aromatic N) is 1. The molecule has 0 aliphatic rings. The van der Waals surface area contributed by atoms with E-state index in [1.54, 1.807) is 0 Å². The molecule has 2 aromatic carbocycles. The molecular weight excluding hydrogens is 359 g/mol. The fourth-order valence-corrected chi connectivity index (χ4v) is 2.42. The van der Waals surface area contributed by atoms with Crippen LogP contribution in [0.1, 0.15) is 5.56 Å². The minimum Gasteiger partial charge on any atom is -0.338 e. The third kappa shape index (κ3) is 2.12. The molecule has 0 saturated heterocycles. The number of hydrogen-bond donors (Lipinski definition) is 1. The quantitative estimate of drug-likeness (QED) is 0.614. The zero-order valence-corrected chi connectivity index (χ0v) is 12.6. The molecule has 0 aliphatic carbocycles. The predicted molar refractivity (Wildman–Crippen MR) is 84.0 cm³/mol. The van der Waals surface area contributed by atoms with Crippen LogP contribution in [-0.4, -0.2) is 9.97 Å². The van der Waals surface area contributed by atoms with Crippen LogP contribution < -0.4 is 0 Å². The predicted octanol–water partition coefficient (Wildman–Crippen LogP) is 4.80. The van der Waals surface area contributed by atoms with Crippen LogP contribution in [0.3, 0.4) is 0 Å². The maximum atomic E-state index is 6.14. The molecule has 90 valence electrons. The minimum absolute atomic E-state index is 0.754. The number of fused-ring (bicyclic) bond motifs is 1. The van der Waals surface area contributed by atoms with Gasteiger partial charge in [0.15, 0.2) is 0 Å². The highest BCUT2D eigenvalue weighted by molar-refractivity contribution is 14.1. The number of hydrogen-bond acceptors (Lipinski definition) is 1. The molecule has 0 saturated carbocycles. The zero-order valence-electron chi connectivity index (χ0n) is 9.67. The van der Waals surface area contributed by atoms with Crippen LogP contribution in [-0.2, 0) is 0 Å². The molecule has 2 nitrogen and oxygen atoms in total. The maximum Gasteiger partial charge on any atom is 0.138 e. The summed E-state index contributed by atoms with van der Waals surface area (Å²) < 4.78 is 1.05. The summed E-state index contributed by atoms with van der Waals surface area (Å²) in [6.07, 6.45) is 0. The van der Waals surface area contributed by atoms with Gasteiger partial charge in [0.25, 0.3) is 0 Å². The van der Waals surface area contributed by atoms with E-state index in [1.165, 1.54) is 5.56 Å². The van der Waals surface area contributed by atoms with Crippen LogP contribution in [0.25, 0.3) is 22.4 Å². The Hall–Kier alpha value is -1.07. The van der Waals surface area contributed by atoms with E-state index in [1.807, 2.05) is 24.3 Å². The second-order valence-electron chi connectivity index (χ2n) is 4.23. The number of imidazole rings is 1. The van der Waals surface area contributed by atoms with Crippen molar-refractivity contribution in [2.75, 3.05) is 0 Å². The third-order valence-corrected chi connectivity index (χ3v) is 4.40. The van der Waals surface area contributed by atoms with Gasteiger partial charge in [-0.15, -0.1) is 0 Å². The van der Waals surface area contributed by atoms with Crippen LogP contribution in [0.2, 0.25) is 5.02 Å². The second-order valence-corrected chi connectivity index (χ2v) is 5.80. The Morgan fingerprint density at radius 3 is 2.78 bits per heavy atom. The van der Waals surface area contributed by atoms with Crippen molar-refractivity contribution in [1.82, 2.24) is 9.97 Å². The Labute approximate surface area is 124 Å². The van der Waals surface area contributed by atoms with Crippen molar-refractivity contribution in [3.05, 3.63) is 50.6 Å². The van der Waals surface area contributed by atoms with Crippen LogP contribution >= 0.6 is 34.2 Å². The van der Waals surface area contributed by atoms with E-state index >= 15 is 0 Å². The van der Waals surface area contributed by atoms with Gasteiger partial charge in [-0.2, -0.15) is 0 Å². The minimum atomic E-state index is 0.754. The molecule has 18 heavy (non-hydrogen) atoms. The van der Waals surface area contributed by atoms with Crippen molar-refractivity contribution in [1.29, 1.82) is 0 Å². The fraction of sp³-hybridized carbons (Fsp3) is 0.0714. The summed E-state index contributed by atoms with van der Waals surface area (Å²) in [4.78, 5) is 7.91. The Bertz CT molecular complexity index is 734. The lowest BCUT2D eigenvalue weighted by atomic mass is 10.2. The highest BCUT2D eigenvalue weighted by Gasteiger charge is 2.07. The number of halogens is 2. The van der Waals surface area contributed by atoms with Gasteiger partial charge in [0.05, 0.1) is 16.1 Å².